The van der Waals surface area contributed by atoms with Crippen molar-refractivity contribution in [3.8, 4) is 11.4 Å². The fourth-order valence-corrected chi connectivity index (χ4v) is 2.64. The molecule has 2 aromatic rings. The summed E-state index contributed by atoms with van der Waals surface area (Å²) in [5.41, 5.74) is 0.595. The molecule has 3 rings (SSSR count). The minimum Gasteiger partial charge on any atom is -0.481 e. The van der Waals surface area contributed by atoms with Gasteiger partial charge in [-0.15, -0.1) is 10.2 Å². The number of aliphatic carboxylic acids is 1. The normalized spacial score (nSPS) is 14.4. The molecule has 0 atom stereocenters. The van der Waals surface area contributed by atoms with Crippen LogP contribution in [0.25, 0.3) is 11.4 Å². The molecule has 0 spiro atoms. The lowest BCUT2D eigenvalue weighted by Gasteiger charge is -2.07. The number of H-pyrrole nitrogens is 1. The molecule has 104 valence electrons. The van der Waals surface area contributed by atoms with E-state index in [0.29, 0.717) is 17.0 Å². The highest BCUT2D eigenvalue weighted by molar-refractivity contribution is 7.99. The smallest absolute Gasteiger partial charge is 0.313 e. The van der Waals surface area contributed by atoms with Crippen molar-refractivity contribution in [1.29, 1.82) is 0 Å². The topological polar surface area (TPSA) is 101 Å². The van der Waals surface area contributed by atoms with Gasteiger partial charge in [0.25, 0.3) is 0 Å². The zero-order valence-corrected chi connectivity index (χ0v) is 11.3. The van der Waals surface area contributed by atoms with Crippen molar-refractivity contribution in [3.63, 3.8) is 0 Å². The molecule has 0 bridgehead atoms. The van der Waals surface area contributed by atoms with Crippen LogP contribution in [0.5, 0.6) is 0 Å². The Morgan fingerprint density at radius 1 is 1.45 bits per heavy atom. The van der Waals surface area contributed by atoms with Gasteiger partial charge in [-0.25, -0.2) is 0 Å². The molecule has 8 heteroatoms. The van der Waals surface area contributed by atoms with Crippen LogP contribution in [0.3, 0.4) is 0 Å². The Morgan fingerprint density at radius 2 is 2.25 bits per heavy atom. The number of carboxylic acid groups (broad SMARTS) is 1. The van der Waals surface area contributed by atoms with Crippen molar-refractivity contribution < 1.29 is 9.90 Å². The third-order valence-corrected chi connectivity index (χ3v) is 3.87. The van der Waals surface area contributed by atoms with E-state index >= 15 is 0 Å². The molecule has 0 aromatic carbocycles. The van der Waals surface area contributed by atoms with Gasteiger partial charge in [0.15, 0.2) is 11.0 Å². The predicted octanol–water partition coefficient (Wildman–Crippen LogP) is 1.15. The Hall–Kier alpha value is -2.09. The average Bonchev–Trinajstić information content (AvgIpc) is 3.17. The van der Waals surface area contributed by atoms with E-state index in [1.54, 1.807) is 12.3 Å². The number of carbonyl (C=O) groups is 1. The summed E-state index contributed by atoms with van der Waals surface area (Å²) in [7, 11) is 0. The Labute approximate surface area is 118 Å². The van der Waals surface area contributed by atoms with Gasteiger partial charge in [-0.05, 0) is 18.9 Å². The van der Waals surface area contributed by atoms with E-state index in [4.69, 9.17) is 5.11 Å². The van der Waals surface area contributed by atoms with Gasteiger partial charge in [0, 0.05) is 23.9 Å². The van der Waals surface area contributed by atoms with Gasteiger partial charge in [-0.3, -0.25) is 14.2 Å². The Balaban J connectivity index is 1.96. The van der Waals surface area contributed by atoms with Gasteiger partial charge >= 0.3 is 5.97 Å². The summed E-state index contributed by atoms with van der Waals surface area (Å²) < 4.78 is 1.96. The first kappa shape index (κ1) is 12.9. The first-order valence-electron chi connectivity index (χ1n) is 6.14. The van der Waals surface area contributed by atoms with E-state index in [2.05, 4.69) is 15.2 Å². The van der Waals surface area contributed by atoms with Crippen molar-refractivity contribution in [2.75, 3.05) is 5.75 Å². The van der Waals surface area contributed by atoms with Gasteiger partial charge < -0.3 is 10.1 Å². The molecule has 2 aromatic heterocycles. The number of hydrogen-bond donors (Lipinski definition) is 2. The molecule has 0 aliphatic heterocycles. The molecule has 0 saturated heterocycles. The Bertz CT molecular complexity index is 684. The molecule has 1 aliphatic rings. The minimum absolute atomic E-state index is 0.0452. The van der Waals surface area contributed by atoms with Gasteiger partial charge in [0.1, 0.15) is 0 Å². The number of thioether (sulfide) groups is 1. The summed E-state index contributed by atoms with van der Waals surface area (Å²) >= 11 is 1.16. The van der Waals surface area contributed by atoms with Crippen LogP contribution in [0.4, 0.5) is 0 Å². The van der Waals surface area contributed by atoms with E-state index in [-0.39, 0.29) is 11.3 Å². The molecular weight excluding hydrogens is 280 g/mol. The lowest BCUT2D eigenvalue weighted by atomic mass is 10.2. The third-order valence-electron chi connectivity index (χ3n) is 2.94. The maximum atomic E-state index is 11.1. The summed E-state index contributed by atoms with van der Waals surface area (Å²) in [6.45, 7) is 0. The summed E-state index contributed by atoms with van der Waals surface area (Å²) in [5, 5.41) is 17.6. The molecule has 0 amide bonds. The summed E-state index contributed by atoms with van der Waals surface area (Å²) in [6, 6.07) is 3.45. The van der Waals surface area contributed by atoms with Gasteiger partial charge in [-0.2, -0.15) is 0 Å². The zero-order valence-electron chi connectivity index (χ0n) is 10.4. The number of pyridine rings is 1. The fourth-order valence-electron chi connectivity index (χ4n) is 1.91. The Morgan fingerprint density at radius 3 is 2.85 bits per heavy atom. The molecule has 20 heavy (non-hydrogen) atoms. The van der Waals surface area contributed by atoms with E-state index in [9.17, 15) is 9.59 Å². The van der Waals surface area contributed by atoms with E-state index in [0.717, 1.165) is 30.2 Å². The summed E-state index contributed by atoms with van der Waals surface area (Å²) in [6.07, 6.45) is 3.67. The summed E-state index contributed by atoms with van der Waals surface area (Å²) in [5.74, 6) is -0.265. The zero-order chi connectivity index (χ0) is 14.1. The number of nitrogens with one attached hydrogen (secondary N) is 1. The molecular formula is C12H12N4O3S. The predicted molar refractivity (Wildman–Crippen MR) is 72.7 cm³/mol. The summed E-state index contributed by atoms with van der Waals surface area (Å²) in [4.78, 5) is 24.4. The maximum absolute atomic E-state index is 11.1. The van der Waals surface area contributed by atoms with Crippen molar-refractivity contribution in [1.82, 2.24) is 19.7 Å². The van der Waals surface area contributed by atoms with Crippen molar-refractivity contribution >= 4 is 17.7 Å². The SMILES string of the molecule is O=C(O)CSc1nnc(-c2ccc(=O)[nH]c2)n1C1CC1. The second-order valence-electron chi connectivity index (χ2n) is 4.53. The Kier molecular flexibility index (Phi) is 3.31. The van der Waals surface area contributed by atoms with Crippen LogP contribution >= 0.6 is 11.8 Å². The van der Waals surface area contributed by atoms with E-state index < -0.39 is 5.97 Å². The lowest BCUT2D eigenvalue weighted by Crippen LogP contribution is -2.05. The fraction of sp³-hybridized carbons (Fsp3) is 0.333. The molecule has 2 N–H and O–H groups in total. The molecule has 1 saturated carbocycles. The lowest BCUT2D eigenvalue weighted by molar-refractivity contribution is -0.133. The van der Waals surface area contributed by atoms with Crippen LogP contribution in [0.2, 0.25) is 0 Å². The molecule has 1 fully saturated rings. The van der Waals surface area contributed by atoms with Gasteiger partial charge in [0.2, 0.25) is 5.56 Å². The molecule has 0 radical (unpaired) electrons. The average molecular weight is 292 g/mol. The van der Waals surface area contributed by atoms with Crippen molar-refractivity contribution in [2.24, 2.45) is 0 Å². The molecule has 1 aliphatic carbocycles. The van der Waals surface area contributed by atoms with E-state index in [1.165, 1.54) is 6.07 Å². The highest BCUT2D eigenvalue weighted by atomic mass is 32.2. The number of nitrogens with zero attached hydrogens (tertiary/aromatic N) is 3. The second kappa shape index (κ2) is 5.12. The first-order valence-corrected chi connectivity index (χ1v) is 7.12. The van der Waals surface area contributed by atoms with Gasteiger partial charge in [0.05, 0.1) is 5.75 Å². The second-order valence-corrected chi connectivity index (χ2v) is 5.47. The molecule has 2 heterocycles. The quantitative estimate of drug-likeness (QED) is 0.802. The largest absolute Gasteiger partial charge is 0.481 e. The molecule has 7 nitrogen and oxygen atoms in total. The van der Waals surface area contributed by atoms with Crippen LogP contribution in [-0.2, 0) is 4.79 Å². The number of rotatable bonds is 5. The van der Waals surface area contributed by atoms with Crippen LogP contribution in [0, 0.1) is 0 Å². The number of aromatic nitrogens is 4. The van der Waals surface area contributed by atoms with Gasteiger partial charge in [-0.1, -0.05) is 11.8 Å². The van der Waals surface area contributed by atoms with Crippen LogP contribution in [-0.4, -0.2) is 36.6 Å². The number of aromatic amines is 1. The number of hydrogen-bond acceptors (Lipinski definition) is 5. The van der Waals surface area contributed by atoms with Crippen LogP contribution in [0.1, 0.15) is 18.9 Å². The van der Waals surface area contributed by atoms with Crippen LogP contribution in [0.15, 0.2) is 28.3 Å². The number of carboxylic acids is 1. The van der Waals surface area contributed by atoms with Crippen molar-refractivity contribution in [3.05, 3.63) is 28.7 Å². The molecule has 0 unspecified atom stereocenters. The first-order chi connectivity index (χ1) is 9.65. The minimum atomic E-state index is -0.883. The van der Waals surface area contributed by atoms with E-state index in [1.807, 2.05) is 4.57 Å². The standard InChI is InChI=1S/C12H12N4O3S/c17-9-4-1-7(5-13-9)11-14-15-12(20-6-10(18)19)16(11)8-2-3-8/h1,4-5,8H,2-3,6H2,(H,13,17)(H,18,19). The highest BCUT2D eigenvalue weighted by Crippen LogP contribution is 2.40. The maximum Gasteiger partial charge on any atom is 0.313 e. The highest BCUT2D eigenvalue weighted by Gasteiger charge is 2.30. The third kappa shape index (κ3) is 2.60. The van der Waals surface area contributed by atoms with Crippen molar-refractivity contribution in [2.45, 2.75) is 24.0 Å². The van der Waals surface area contributed by atoms with Crippen LogP contribution < -0.4 is 5.56 Å². The monoisotopic (exact) mass is 292 g/mol.